The van der Waals surface area contributed by atoms with Crippen LogP contribution in [0.15, 0.2) is 146 Å². The average molecular weight is 853 g/mol. The Morgan fingerprint density at radius 3 is 0.968 bits per heavy atom. The number of hydrogen-bond donors (Lipinski definition) is 1. The lowest BCUT2D eigenvalue weighted by molar-refractivity contribution is -0.161. The van der Waals surface area contributed by atoms with Crippen LogP contribution in [0.4, 0.5) is 0 Å². The maximum atomic E-state index is 12.3. The van der Waals surface area contributed by atoms with E-state index in [1.54, 1.807) is 0 Å². The lowest BCUT2D eigenvalue weighted by Gasteiger charge is -2.15. The Balaban J connectivity index is 3.69. The summed E-state index contributed by atoms with van der Waals surface area (Å²) in [6.07, 6.45) is 77.8. The third-order valence-corrected chi connectivity index (χ3v) is 9.63. The van der Waals surface area contributed by atoms with Gasteiger partial charge in [0.05, 0.1) is 6.61 Å². The molecule has 1 atom stereocenters. The van der Waals surface area contributed by atoms with Gasteiger partial charge in [-0.25, -0.2) is 0 Å². The summed E-state index contributed by atoms with van der Waals surface area (Å²) in [4.78, 5) is 24.4. The minimum Gasteiger partial charge on any atom is -0.462 e. The quantitative estimate of drug-likeness (QED) is 0.0376. The molecule has 0 aliphatic rings. The van der Waals surface area contributed by atoms with E-state index in [1.807, 2.05) is 0 Å². The number of aliphatic hydroxyl groups is 1. The molecule has 0 radical (unpaired) electrons. The monoisotopic (exact) mass is 853 g/mol. The van der Waals surface area contributed by atoms with Crippen molar-refractivity contribution in [3.63, 3.8) is 0 Å². The molecule has 1 unspecified atom stereocenters. The van der Waals surface area contributed by atoms with E-state index in [2.05, 4.69) is 160 Å². The van der Waals surface area contributed by atoms with Gasteiger partial charge in [0, 0.05) is 12.8 Å². The Bertz CT molecular complexity index is 1380. The summed E-state index contributed by atoms with van der Waals surface area (Å²) in [6, 6.07) is 0. The lowest BCUT2D eigenvalue weighted by atomic mass is 10.1. The van der Waals surface area contributed by atoms with E-state index in [0.29, 0.717) is 12.8 Å². The van der Waals surface area contributed by atoms with Crippen molar-refractivity contribution in [2.24, 2.45) is 0 Å². The molecule has 0 saturated carbocycles. The summed E-state index contributed by atoms with van der Waals surface area (Å²) in [5, 5.41) is 9.62. The summed E-state index contributed by atoms with van der Waals surface area (Å²) in [7, 11) is 0. The van der Waals surface area contributed by atoms with Crippen LogP contribution in [0.5, 0.6) is 0 Å². The van der Waals surface area contributed by atoms with E-state index in [9.17, 15) is 14.7 Å². The molecule has 0 amide bonds. The topological polar surface area (TPSA) is 72.8 Å². The number of carbonyl (C=O) groups is 2. The first-order valence-electron chi connectivity index (χ1n) is 24.4. The molecule has 0 spiro atoms. The van der Waals surface area contributed by atoms with Gasteiger partial charge in [-0.05, 0) is 116 Å². The molecule has 0 fully saturated rings. The molecule has 5 nitrogen and oxygen atoms in total. The molecule has 0 heterocycles. The second-order valence-electron chi connectivity index (χ2n) is 15.4. The number of carbonyl (C=O) groups excluding carboxylic acids is 2. The fourth-order valence-corrected chi connectivity index (χ4v) is 6.03. The fourth-order valence-electron chi connectivity index (χ4n) is 6.03. The summed E-state index contributed by atoms with van der Waals surface area (Å²) >= 11 is 0. The summed E-state index contributed by atoms with van der Waals surface area (Å²) in [5.41, 5.74) is 0. The van der Waals surface area contributed by atoms with Crippen LogP contribution in [0.2, 0.25) is 0 Å². The second kappa shape index (κ2) is 51.1. The van der Waals surface area contributed by atoms with Crippen LogP contribution in [0.3, 0.4) is 0 Å². The summed E-state index contributed by atoms with van der Waals surface area (Å²) in [6.45, 7) is 3.86. The minimum absolute atomic E-state index is 0.0953. The minimum atomic E-state index is -0.804. The first-order valence-corrected chi connectivity index (χ1v) is 24.4. The number of unbranched alkanes of at least 4 members (excludes halogenated alkanes) is 10. The molecule has 0 aromatic carbocycles. The molecule has 0 aromatic rings. The predicted octanol–water partition coefficient (Wildman–Crippen LogP) is 16.3. The highest BCUT2D eigenvalue weighted by molar-refractivity contribution is 5.70. The van der Waals surface area contributed by atoms with Gasteiger partial charge in [0.1, 0.15) is 6.61 Å². The Kier molecular flexibility index (Phi) is 47.7. The van der Waals surface area contributed by atoms with Crippen LogP contribution in [-0.2, 0) is 19.1 Å². The molecular formula is C57H88O5. The zero-order valence-corrected chi connectivity index (χ0v) is 39.3. The van der Waals surface area contributed by atoms with E-state index in [4.69, 9.17) is 9.47 Å². The van der Waals surface area contributed by atoms with Gasteiger partial charge in [0.15, 0.2) is 6.10 Å². The Morgan fingerprint density at radius 2 is 0.645 bits per heavy atom. The van der Waals surface area contributed by atoms with Crippen molar-refractivity contribution < 1.29 is 24.2 Å². The van der Waals surface area contributed by atoms with Gasteiger partial charge in [-0.1, -0.05) is 198 Å². The molecule has 346 valence electrons. The number of allylic oxidation sites excluding steroid dienone is 24. The van der Waals surface area contributed by atoms with Gasteiger partial charge in [-0.15, -0.1) is 0 Å². The van der Waals surface area contributed by atoms with Crippen LogP contribution in [-0.4, -0.2) is 36.4 Å². The normalized spacial score (nSPS) is 13.5. The number of hydrogen-bond acceptors (Lipinski definition) is 5. The van der Waals surface area contributed by atoms with Crippen LogP contribution in [0.1, 0.15) is 181 Å². The molecule has 0 aromatic heterocycles. The highest BCUT2D eigenvalue weighted by atomic mass is 16.6. The smallest absolute Gasteiger partial charge is 0.306 e. The Labute approximate surface area is 380 Å². The van der Waals surface area contributed by atoms with Crippen molar-refractivity contribution in [1.29, 1.82) is 0 Å². The van der Waals surface area contributed by atoms with Crippen LogP contribution < -0.4 is 0 Å². The zero-order valence-electron chi connectivity index (χ0n) is 39.3. The second-order valence-corrected chi connectivity index (χ2v) is 15.4. The van der Waals surface area contributed by atoms with E-state index >= 15 is 0 Å². The number of esters is 2. The molecular weight excluding hydrogens is 765 g/mol. The van der Waals surface area contributed by atoms with Crippen molar-refractivity contribution in [2.75, 3.05) is 13.2 Å². The van der Waals surface area contributed by atoms with E-state index in [0.717, 1.165) is 154 Å². The lowest BCUT2D eigenvalue weighted by Crippen LogP contribution is -2.28. The van der Waals surface area contributed by atoms with Crippen LogP contribution in [0, 0.1) is 0 Å². The third-order valence-electron chi connectivity index (χ3n) is 9.63. The molecule has 5 heteroatoms. The predicted molar refractivity (Wildman–Crippen MR) is 269 cm³/mol. The highest BCUT2D eigenvalue weighted by Crippen LogP contribution is 2.11. The maximum Gasteiger partial charge on any atom is 0.306 e. The van der Waals surface area contributed by atoms with Gasteiger partial charge < -0.3 is 14.6 Å². The van der Waals surface area contributed by atoms with Crippen molar-refractivity contribution in [1.82, 2.24) is 0 Å². The highest BCUT2D eigenvalue weighted by Gasteiger charge is 2.16. The van der Waals surface area contributed by atoms with Gasteiger partial charge in [0.25, 0.3) is 0 Å². The first kappa shape index (κ1) is 57.8. The molecule has 0 rings (SSSR count). The molecule has 0 bridgehead atoms. The van der Waals surface area contributed by atoms with Gasteiger partial charge >= 0.3 is 11.9 Å². The average Bonchev–Trinajstić information content (AvgIpc) is 3.28. The van der Waals surface area contributed by atoms with Crippen molar-refractivity contribution in [2.45, 2.75) is 187 Å². The molecule has 1 N–H and O–H groups in total. The molecule has 0 saturated heterocycles. The van der Waals surface area contributed by atoms with E-state index < -0.39 is 6.10 Å². The number of aliphatic hydroxyl groups excluding tert-OH is 1. The third kappa shape index (κ3) is 48.4. The fraction of sp³-hybridized carbons (Fsp3) is 0.544. The Hall–Kier alpha value is -4.22. The van der Waals surface area contributed by atoms with Crippen molar-refractivity contribution in [3.8, 4) is 0 Å². The first-order chi connectivity index (χ1) is 30.6. The maximum absolute atomic E-state index is 12.3. The van der Waals surface area contributed by atoms with E-state index in [-0.39, 0.29) is 25.2 Å². The van der Waals surface area contributed by atoms with Crippen molar-refractivity contribution in [3.05, 3.63) is 146 Å². The summed E-state index contributed by atoms with van der Waals surface area (Å²) in [5.74, 6) is -0.649. The molecule has 0 aliphatic carbocycles. The molecule has 0 aliphatic heterocycles. The van der Waals surface area contributed by atoms with E-state index in [1.165, 1.54) is 0 Å². The van der Waals surface area contributed by atoms with Gasteiger partial charge in [-0.3, -0.25) is 9.59 Å². The van der Waals surface area contributed by atoms with Crippen molar-refractivity contribution >= 4 is 11.9 Å². The Morgan fingerprint density at radius 1 is 0.371 bits per heavy atom. The standard InChI is InChI=1S/C57H88O5/c1-3-5-7-9-11-13-15-17-19-21-23-25-26-27-28-29-30-32-34-36-38-40-42-44-46-48-50-52-57(60)62-55(53-58)54-61-56(59)51-49-47-45-43-41-39-37-35-33-31-24-22-20-18-16-14-12-10-8-6-4-2/h5-8,11-14,17-20,23-25,27-28,30-32,35-38,55,58H,3-4,9-10,15-16,21-22,26,29,33-34,39-54H2,1-2H3/b7-5-,8-6-,13-11-,14-12-,19-17-,20-18-,25-23-,28-27-,31-24-,32-30-,37-35-,38-36-. The van der Waals surface area contributed by atoms with Crippen LogP contribution in [0.25, 0.3) is 0 Å². The number of ether oxygens (including phenoxy) is 2. The van der Waals surface area contributed by atoms with Gasteiger partial charge in [0.2, 0.25) is 0 Å². The van der Waals surface area contributed by atoms with Crippen LogP contribution >= 0.6 is 0 Å². The SMILES string of the molecule is CC/C=C\C/C=C\C/C=C\C/C=C\C/C=C\C/C=C\C/C=C\CCCCCCCC(=O)OC(CO)COC(=O)CCCCCCC/C=C\C/C=C\C/C=C\C/C=C\C/C=C\CC. The largest absolute Gasteiger partial charge is 0.462 e. The van der Waals surface area contributed by atoms with Gasteiger partial charge in [-0.2, -0.15) is 0 Å². The summed E-state index contributed by atoms with van der Waals surface area (Å²) < 4.78 is 10.6. The molecule has 62 heavy (non-hydrogen) atoms. The number of rotatable bonds is 42. The zero-order chi connectivity index (χ0) is 44.9.